The Hall–Kier alpha value is -2.77. The number of hydrogen-bond donors (Lipinski definition) is 1. The predicted octanol–water partition coefficient (Wildman–Crippen LogP) is 4.97. The van der Waals surface area contributed by atoms with Gasteiger partial charge in [0.15, 0.2) is 17.1 Å². The number of hydrogen-bond acceptors (Lipinski definition) is 5. The number of allylic oxidation sites excluding steroid dienone is 1. The molecule has 1 N–H and O–H groups in total. The molecule has 0 saturated carbocycles. The van der Waals surface area contributed by atoms with Crippen LogP contribution in [0.3, 0.4) is 0 Å². The fraction of sp³-hybridized carbons (Fsp3) is 0.261. The second-order valence-corrected chi connectivity index (χ2v) is 8.33. The summed E-state index contributed by atoms with van der Waals surface area (Å²) in [6, 6.07) is 15.4. The highest BCUT2D eigenvalue weighted by atomic mass is 35.5. The molecule has 0 fully saturated rings. The van der Waals surface area contributed by atoms with E-state index in [1.165, 1.54) is 11.8 Å². The first-order chi connectivity index (χ1) is 15.0. The Balaban J connectivity index is 1.64. The minimum absolute atomic E-state index is 0.0700. The van der Waals surface area contributed by atoms with Crippen LogP contribution in [-0.4, -0.2) is 26.4 Å². The highest BCUT2D eigenvalue weighted by Crippen LogP contribution is 2.30. The van der Waals surface area contributed by atoms with Crippen LogP contribution in [0.1, 0.15) is 30.0 Å². The number of amides is 1. The Kier molecular flexibility index (Phi) is 8.14. The maximum absolute atomic E-state index is 12.3. The van der Waals surface area contributed by atoms with Gasteiger partial charge in [0.05, 0.1) is 10.8 Å². The molecule has 1 heterocycles. The molecule has 0 aliphatic heterocycles. The molecule has 0 bridgehead atoms. The van der Waals surface area contributed by atoms with Crippen molar-refractivity contribution in [1.82, 2.24) is 20.1 Å². The number of carbonyl (C=O) groups excluding carboxylic acids is 1. The first-order valence-corrected chi connectivity index (χ1v) is 11.2. The Morgan fingerprint density at radius 2 is 2.06 bits per heavy atom. The number of carbonyl (C=O) groups is 1. The summed E-state index contributed by atoms with van der Waals surface area (Å²) in [6.45, 7) is 8.69. The van der Waals surface area contributed by atoms with Gasteiger partial charge in [0.2, 0.25) is 5.91 Å². The van der Waals surface area contributed by atoms with Crippen LogP contribution in [0.15, 0.2) is 66.3 Å². The maximum atomic E-state index is 12.3. The number of thioether (sulfide) groups is 1. The van der Waals surface area contributed by atoms with Crippen molar-refractivity contribution in [2.75, 3.05) is 5.75 Å². The topological polar surface area (TPSA) is 69.0 Å². The lowest BCUT2D eigenvalue weighted by molar-refractivity contribution is -0.118. The largest absolute Gasteiger partial charge is 0.481 e. The van der Waals surface area contributed by atoms with Crippen molar-refractivity contribution in [2.45, 2.75) is 38.2 Å². The number of nitrogens with zero attached hydrogens (tertiary/aromatic N) is 3. The quantitative estimate of drug-likeness (QED) is 0.344. The van der Waals surface area contributed by atoms with Crippen LogP contribution < -0.4 is 10.1 Å². The summed E-state index contributed by atoms with van der Waals surface area (Å²) in [4.78, 5) is 12.3. The van der Waals surface area contributed by atoms with E-state index in [1.54, 1.807) is 6.08 Å². The second kappa shape index (κ2) is 11.0. The number of rotatable bonds is 10. The van der Waals surface area contributed by atoms with E-state index >= 15 is 0 Å². The van der Waals surface area contributed by atoms with Crippen molar-refractivity contribution < 1.29 is 9.53 Å². The summed E-state index contributed by atoms with van der Waals surface area (Å²) < 4.78 is 7.95. The van der Waals surface area contributed by atoms with E-state index < -0.39 is 0 Å². The van der Waals surface area contributed by atoms with E-state index in [2.05, 4.69) is 22.1 Å². The Labute approximate surface area is 191 Å². The van der Waals surface area contributed by atoms with Gasteiger partial charge in [0.25, 0.3) is 0 Å². The van der Waals surface area contributed by atoms with Gasteiger partial charge in [-0.3, -0.25) is 9.36 Å². The maximum Gasteiger partial charge on any atom is 0.230 e. The Morgan fingerprint density at radius 1 is 1.29 bits per heavy atom. The minimum atomic E-state index is -0.381. The summed E-state index contributed by atoms with van der Waals surface area (Å²) in [5, 5.41) is 12.7. The van der Waals surface area contributed by atoms with Gasteiger partial charge >= 0.3 is 0 Å². The first kappa shape index (κ1) is 22.9. The van der Waals surface area contributed by atoms with Crippen molar-refractivity contribution >= 4 is 29.3 Å². The molecule has 31 heavy (non-hydrogen) atoms. The molecule has 1 atom stereocenters. The standard InChI is InChI=1S/C23H25ClN4O2S/c1-4-12-28-22(17(3)30-20-13-16(2)10-11-19(20)24)26-27-23(28)31-15-21(29)25-14-18-8-6-5-7-9-18/h4-11,13,17H,1,12,14-15H2,2-3H3,(H,25,29). The third kappa shape index (κ3) is 6.35. The average molecular weight is 457 g/mol. The molecule has 1 aromatic heterocycles. The van der Waals surface area contributed by atoms with Crippen LogP contribution in [0.2, 0.25) is 5.02 Å². The van der Waals surface area contributed by atoms with Crippen molar-refractivity contribution in [3.8, 4) is 5.75 Å². The molecule has 2 aromatic carbocycles. The van der Waals surface area contributed by atoms with Crippen LogP contribution in [-0.2, 0) is 17.9 Å². The van der Waals surface area contributed by atoms with Gasteiger partial charge in [-0.15, -0.1) is 16.8 Å². The third-order valence-electron chi connectivity index (χ3n) is 4.48. The van der Waals surface area contributed by atoms with Gasteiger partial charge in [-0.05, 0) is 37.1 Å². The molecule has 0 saturated heterocycles. The Morgan fingerprint density at radius 3 is 2.81 bits per heavy atom. The zero-order valence-corrected chi connectivity index (χ0v) is 19.1. The fourth-order valence-corrected chi connectivity index (χ4v) is 3.88. The molecule has 1 unspecified atom stereocenters. The summed E-state index contributed by atoms with van der Waals surface area (Å²) in [5.74, 6) is 1.40. The fourth-order valence-electron chi connectivity index (χ4n) is 2.93. The number of aryl methyl sites for hydroxylation is 1. The number of ether oxygens (including phenoxy) is 1. The van der Waals surface area contributed by atoms with Gasteiger partial charge in [-0.2, -0.15) is 0 Å². The van der Waals surface area contributed by atoms with Gasteiger partial charge in [-0.1, -0.05) is 65.8 Å². The van der Waals surface area contributed by atoms with Gasteiger partial charge in [0, 0.05) is 13.1 Å². The van der Waals surface area contributed by atoms with Crippen LogP contribution in [0.5, 0.6) is 5.75 Å². The predicted molar refractivity (Wildman–Crippen MR) is 124 cm³/mol. The van der Waals surface area contributed by atoms with Crippen molar-refractivity contribution in [2.24, 2.45) is 0 Å². The van der Waals surface area contributed by atoms with Crippen LogP contribution in [0.4, 0.5) is 0 Å². The number of benzene rings is 2. The molecule has 0 spiro atoms. The van der Waals surface area contributed by atoms with E-state index in [0.29, 0.717) is 34.8 Å². The first-order valence-electron chi connectivity index (χ1n) is 9.88. The third-order valence-corrected chi connectivity index (χ3v) is 5.76. The number of nitrogens with one attached hydrogen (secondary N) is 1. The lowest BCUT2D eigenvalue weighted by Crippen LogP contribution is -2.24. The zero-order chi connectivity index (χ0) is 22.2. The van der Waals surface area contributed by atoms with E-state index in [-0.39, 0.29) is 17.8 Å². The van der Waals surface area contributed by atoms with E-state index in [0.717, 1.165) is 11.1 Å². The minimum Gasteiger partial charge on any atom is -0.481 e. The second-order valence-electron chi connectivity index (χ2n) is 6.99. The summed E-state index contributed by atoms with van der Waals surface area (Å²) in [6.07, 6.45) is 1.38. The van der Waals surface area contributed by atoms with Crippen molar-refractivity contribution in [1.29, 1.82) is 0 Å². The number of halogens is 1. The molecule has 0 radical (unpaired) electrons. The molecular formula is C23H25ClN4O2S. The lowest BCUT2D eigenvalue weighted by Gasteiger charge is -2.17. The zero-order valence-electron chi connectivity index (χ0n) is 17.5. The summed E-state index contributed by atoms with van der Waals surface area (Å²) >= 11 is 7.59. The monoisotopic (exact) mass is 456 g/mol. The summed E-state index contributed by atoms with van der Waals surface area (Å²) in [5.41, 5.74) is 2.11. The van der Waals surface area contributed by atoms with Crippen LogP contribution in [0.25, 0.3) is 0 Å². The molecule has 0 aliphatic carbocycles. The van der Waals surface area contributed by atoms with Gasteiger partial charge in [0.1, 0.15) is 5.75 Å². The van der Waals surface area contributed by atoms with Gasteiger partial charge in [-0.25, -0.2) is 0 Å². The van der Waals surface area contributed by atoms with Gasteiger partial charge < -0.3 is 10.1 Å². The molecule has 8 heteroatoms. The lowest BCUT2D eigenvalue weighted by atomic mass is 10.2. The van der Waals surface area contributed by atoms with Crippen LogP contribution in [0, 0.1) is 6.92 Å². The molecule has 6 nitrogen and oxygen atoms in total. The molecule has 3 aromatic rings. The molecule has 162 valence electrons. The van der Waals surface area contributed by atoms with E-state index in [4.69, 9.17) is 16.3 Å². The normalized spacial score (nSPS) is 11.7. The van der Waals surface area contributed by atoms with E-state index in [9.17, 15) is 4.79 Å². The number of aromatic nitrogens is 3. The molecule has 3 rings (SSSR count). The molecular weight excluding hydrogens is 432 g/mol. The highest BCUT2D eigenvalue weighted by molar-refractivity contribution is 7.99. The highest BCUT2D eigenvalue weighted by Gasteiger charge is 2.20. The van der Waals surface area contributed by atoms with Crippen LogP contribution >= 0.6 is 23.4 Å². The average Bonchev–Trinajstić information content (AvgIpc) is 3.17. The Bertz CT molecular complexity index is 1040. The molecule has 0 aliphatic rings. The smallest absolute Gasteiger partial charge is 0.230 e. The SMILES string of the molecule is C=CCn1c(SCC(=O)NCc2ccccc2)nnc1C(C)Oc1cc(C)ccc1Cl. The van der Waals surface area contributed by atoms with Crippen molar-refractivity contribution in [3.63, 3.8) is 0 Å². The van der Waals surface area contributed by atoms with E-state index in [1.807, 2.05) is 66.9 Å². The summed E-state index contributed by atoms with van der Waals surface area (Å²) in [7, 11) is 0. The molecule has 1 amide bonds. The van der Waals surface area contributed by atoms with Crippen molar-refractivity contribution in [3.05, 3.63) is 83.2 Å².